The van der Waals surface area contributed by atoms with E-state index in [9.17, 15) is 29.7 Å². The number of fused-ring (bicyclic) bond motifs is 2. The van der Waals surface area contributed by atoms with Crippen molar-refractivity contribution < 1.29 is 39.2 Å². The first-order valence-corrected chi connectivity index (χ1v) is 14.7. The van der Waals surface area contributed by atoms with E-state index in [4.69, 9.17) is 9.47 Å². The zero-order valence-electron chi connectivity index (χ0n) is 24.0. The zero-order valence-corrected chi connectivity index (χ0v) is 24.0. The third-order valence-corrected chi connectivity index (χ3v) is 8.96. The fraction of sp³-hybridized carbons (Fsp3) is 0.656. The Hall–Kier alpha value is -2.71. The van der Waals surface area contributed by atoms with Gasteiger partial charge in [-0.2, -0.15) is 0 Å². The van der Waals surface area contributed by atoms with Crippen LogP contribution in [0.2, 0.25) is 0 Å². The summed E-state index contributed by atoms with van der Waals surface area (Å²) in [5.41, 5.74) is -0.834. The summed E-state index contributed by atoms with van der Waals surface area (Å²) < 4.78 is 11.3. The van der Waals surface area contributed by atoms with E-state index in [1.165, 1.54) is 6.92 Å². The Labute approximate surface area is 237 Å². The van der Waals surface area contributed by atoms with Crippen LogP contribution in [-0.2, 0) is 30.3 Å². The van der Waals surface area contributed by atoms with Gasteiger partial charge in [-0.3, -0.25) is 14.4 Å². The predicted molar refractivity (Wildman–Crippen MR) is 150 cm³/mol. The monoisotopic (exact) mass is 558 g/mol. The third kappa shape index (κ3) is 7.32. The number of carbonyl (C=O) groups excluding carboxylic acids is 2. The van der Waals surface area contributed by atoms with Gasteiger partial charge in [-0.25, -0.2) is 0 Å². The number of hydrogen-bond donors (Lipinski definition) is 3. The van der Waals surface area contributed by atoms with Crippen LogP contribution in [0.25, 0.3) is 0 Å². The Morgan fingerprint density at radius 3 is 2.42 bits per heavy atom. The molecule has 0 radical (unpaired) electrons. The number of hydrogen-bond acceptors (Lipinski definition) is 7. The topological polar surface area (TPSA) is 130 Å². The lowest BCUT2D eigenvalue weighted by Crippen LogP contribution is -2.52. The number of rotatable bonds is 16. The van der Waals surface area contributed by atoms with Gasteiger partial charge in [-0.05, 0) is 62.5 Å². The molecule has 8 heteroatoms. The van der Waals surface area contributed by atoms with E-state index in [0.29, 0.717) is 44.1 Å². The highest BCUT2D eigenvalue weighted by Crippen LogP contribution is 2.61. The number of aliphatic hydroxyl groups excluding tert-OH is 2. The number of benzene rings is 1. The van der Waals surface area contributed by atoms with E-state index in [2.05, 4.69) is 13.5 Å². The molecule has 0 heterocycles. The highest BCUT2D eigenvalue weighted by Gasteiger charge is 2.71. The van der Waals surface area contributed by atoms with Crippen molar-refractivity contribution in [2.45, 2.75) is 122 Å². The lowest BCUT2D eigenvalue weighted by molar-refractivity contribution is -0.183. The first-order chi connectivity index (χ1) is 19.1. The molecule has 3 N–H and O–H groups in total. The van der Waals surface area contributed by atoms with Crippen LogP contribution in [-0.4, -0.2) is 57.6 Å². The number of ether oxygens (including phenoxy) is 2. The van der Waals surface area contributed by atoms with Gasteiger partial charge in [0.1, 0.15) is 17.6 Å². The summed E-state index contributed by atoms with van der Waals surface area (Å²) in [6, 6.07) is 9.86. The molecule has 222 valence electrons. The van der Waals surface area contributed by atoms with E-state index in [0.717, 1.165) is 31.2 Å². The summed E-state index contributed by atoms with van der Waals surface area (Å²) in [6.07, 6.45) is 3.11. The molecular weight excluding hydrogens is 512 g/mol. The van der Waals surface area contributed by atoms with Crippen molar-refractivity contribution in [1.29, 1.82) is 0 Å². The molecule has 6 atom stereocenters. The van der Waals surface area contributed by atoms with E-state index < -0.39 is 53.2 Å². The van der Waals surface area contributed by atoms with Crippen molar-refractivity contribution in [2.75, 3.05) is 0 Å². The second-order valence-corrected chi connectivity index (χ2v) is 11.7. The number of carbonyl (C=O) groups is 3. The predicted octanol–water partition coefficient (Wildman–Crippen LogP) is 5.14. The van der Waals surface area contributed by atoms with Crippen molar-refractivity contribution in [3.63, 3.8) is 0 Å². The van der Waals surface area contributed by atoms with E-state index in [1.54, 1.807) is 0 Å². The highest BCUT2D eigenvalue weighted by molar-refractivity contribution is 5.79. The Morgan fingerprint density at radius 2 is 1.77 bits per heavy atom. The molecule has 4 unspecified atom stereocenters. The average molecular weight is 559 g/mol. The molecule has 40 heavy (non-hydrogen) atoms. The molecule has 2 saturated carbocycles. The Kier molecular flexibility index (Phi) is 11.3. The van der Waals surface area contributed by atoms with Crippen molar-refractivity contribution in [1.82, 2.24) is 0 Å². The summed E-state index contributed by atoms with van der Waals surface area (Å²) in [4.78, 5) is 37.2. The van der Waals surface area contributed by atoms with Gasteiger partial charge < -0.3 is 24.8 Å². The van der Waals surface area contributed by atoms with Crippen LogP contribution < -0.4 is 0 Å². The lowest BCUT2D eigenvalue weighted by atomic mass is 9.65. The maximum atomic E-state index is 12.7. The van der Waals surface area contributed by atoms with Crippen LogP contribution in [0, 0.1) is 10.8 Å². The zero-order chi connectivity index (χ0) is 29.3. The minimum Gasteiger partial charge on any atom is -0.481 e. The maximum absolute atomic E-state index is 12.7. The van der Waals surface area contributed by atoms with Gasteiger partial charge >= 0.3 is 17.9 Å². The first kappa shape index (κ1) is 31.8. The van der Waals surface area contributed by atoms with Gasteiger partial charge in [0.15, 0.2) is 0 Å². The number of aliphatic carboxylic acids is 1. The molecule has 2 bridgehead atoms. The number of carboxylic acids is 1. The molecule has 0 amide bonds. The van der Waals surface area contributed by atoms with E-state index in [1.807, 2.05) is 30.3 Å². The van der Waals surface area contributed by atoms with Gasteiger partial charge in [-0.15, -0.1) is 0 Å². The molecule has 0 aliphatic heterocycles. The summed E-state index contributed by atoms with van der Waals surface area (Å²) in [5.74, 6) is -2.22. The molecule has 2 aliphatic rings. The Morgan fingerprint density at radius 1 is 1.07 bits per heavy atom. The minimum atomic E-state index is -1.76. The Bertz CT molecular complexity index is 1020. The molecule has 0 saturated heterocycles. The van der Waals surface area contributed by atoms with Gasteiger partial charge in [0.05, 0.1) is 12.2 Å². The number of carboxylic acid groups (broad SMARTS) is 1. The minimum absolute atomic E-state index is 0.00163. The molecule has 8 nitrogen and oxygen atoms in total. The standard InChI is InChI=1S/C32H46O8/c1-4-5-6-7-11-14-27(35)40-29-28(36)31(20-18-26(34)32(29,21-31)30(37)38)19-17-22(2)25(39-23(3)33)16-15-24-12-9-8-10-13-24/h8-10,12-13,25-26,28-29,34,36H,2,4-7,11,14-21H2,1,3H3,(H,37,38)/t25?,26?,28-,29+,31?,32?/m0/s1. The number of esters is 2. The molecular formula is C32H46O8. The molecule has 0 aromatic heterocycles. The van der Waals surface area contributed by atoms with Crippen molar-refractivity contribution in [3.05, 3.63) is 48.0 Å². The van der Waals surface area contributed by atoms with Crippen LogP contribution in [0.1, 0.15) is 96.5 Å². The lowest BCUT2D eigenvalue weighted by Gasteiger charge is -2.41. The summed E-state index contributed by atoms with van der Waals surface area (Å²) >= 11 is 0. The van der Waals surface area contributed by atoms with E-state index >= 15 is 0 Å². The fourth-order valence-electron chi connectivity index (χ4n) is 6.62. The molecule has 2 fully saturated rings. The SMILES string of the molecule is C=C(CCC12CCC(O)C(C(=O)O)(C1)[C@H](OC(=O)CCCCCCC)[C@@H]2O)C(CCc1ccccc1)OC(C)=O. The molecule has 1 aromatic carbocycles. The second-order valence-electron chi connectivity index (χ2n) is 11.7. The summed E-state index contributed by atoms with van der Waals surface area (Å²) in [7, 11) is 0. The molecule has 1 aromatic rings. The third-order valence-electron chi connectivity index (χ3n) is 8.96. The van der Waals surface area contributed by atoms with Crippen molar-refractivity contribution in [2.24, 2.45) is 10.8 Å². The Balaban J connectivity index is 1.71. The first-order valence-electron chi connectivity index (χ1n) is 14.7. The average Bonchev–Trinajstić information content (AvgIpc) is 3.13. The van der Waals surface area contributed by atoms with Crippen LogP contribution in [0.4, 0.5) is 0 Å². The maximum Gasteiger partial charge on any atom is 0.316 e. The highest BCUT2D eigenvalue weighted by atomic mass is 16.6. The largest absolute Gasteiger partial charge is 0.481 e. The van der Waals surface area contributed by atoms with Gasteiger partial charge in [0.25, 0.3) is 0 Å². The van der Waals surface area contributed by atoms with Crippen molar-refractivity contribution in [3.8, 4) is 0 Å². The van der Waals surface area contributed by atoms with E-state index in [-0.39, 0.29) is 19.3 Å². The van der Waals surface area contributed by atoms with Crippen molar-refractivity contribution >= 4 is 17.9 Å². The summed E-state index contributed by atoms with van der Waals surface area (Å²) in [5, 5.41) is 32.7. The van der Waals surface area contributed by atoms with Gasteiger partial charge in [0, 0.05) is 18.8 Å². The number of aryl methyl sites for hydroxylation is 1. The summed E-state index contributed by atoms with van der Waals surface area (Å²) in [6.45, 7) is 7.65. The van der Waals surface area contributed by atoms with Crippen LogP contribution in [0.3, 0.4) is 0 Å². The quantitative estimate of drug-likeness (QED) is 0.145. The van der Waals surface area contributed by atoms with Crippen LogP contribution in [0.15, 0.2) is 42.5 Å². The van der Waals surface area contributed by atoms with Crippen LogP contribution in [0.5, 0.6) is 0 Å². The normalized spacial score (nSPS) is 28.1. The van der Waals surface area contributed by atoms with Crippen LogP contribution >= 0.6 is 0 Å². The second kappa shape index (κ2) is 14.3. The number of unbranched alkanes of at least 4 members (excludes halogenated alkanes) is 4. The smallest absolute Gasteiger partial charge is 0.316 e. The van der Waals surface area contributed by atoms with Gasteiger partial charge in [0.2, 0.25) is 0 Å². The number of aliphatic hydroxyl groups is 2. The fourth-order valence-corrected chi connectivity index (χ4v) is 6.62. The molecule has 3 rings (SSSR count). The molecule has 2 aliphatic carbocycles. The molecule has 0 spiro atoms. The van der Waals surface area contributed by atoms with Gasteiger partial charge in [-0.1, -0.05) is 69.5 Å².